The van der Waals surface area contributed by atoms with Gasteiger partial charge in [-0.3, -0.25) is 4.90 Å². The number of aliphatic hydroxyl groups is 1. The molecule has 0 bridgehead atoms. The van der Waals surface area contributed by atoms with Gasteiger partial charge >= 0.3 is 0 Å². The fourth-order valence-corrected chi connectivity index (χ4v) is 3.24. The summed E-state index contributed by atoms with van der Waals surface area (Å²) in [5.74, 6) is 0.952. The van der Waals surface area contributed by atoms with Crippen LogP contribution in [0.3, 0.4) is 0 Å². The van der Waals surface area contributed by atoms with Gasteiger partial charge in [-0.1, -0.05) is 12.1 Å². The minimum Gasteiger partial charge on any atom is -0.496 e. The lowest BCUT2D eigenvalue weighted by Gasteiger charge is -2.34. The monoisotopic (exact) mass is 322 g/mol. The summed E-state index contributed by atoms with van der Waals surface area (Å²) in [6.07, 6.45) is 0. The molecule has 1 atom stereocenters. The van der Waals surface area contributed by atoms with Crippen molar-refractivity contribution in [2.45, 2.75) is 32.9 Å². The summed E-state index contributed by atoms with van der Waals surface area (Å²) < 4.78 is 10.7. The highest BCUT2D eigenvalue weighted by atomic mass is 16.5. The van der Waals surface area contributed by atoms with Gasteiger partial charge < -0.3 is 19.9 Å². The number of aryl methyl sites for hydroxylation is 2. The van der Waals surface area contributed by atoms with Crippen molar-refractivity contribution >= 4 is 0 Å². The second-order valence-corrected chi connectivity index (χ2v) is 6.75. The first kappa shape index (κ1) is 18.2. The van der Waals surface area contributed by atoms with Crippen molar-refractivity contribution in [1.29, 1.82) is 0 Å². The summed E-state index contributed by atoms with van der Waals surface area (Å²) in [6, 6.07) is 4.27. The smallest absolute Gasteiger partial charge is 0.124 e. The van der Waals surface area contributed by atoms with Crippen molar-refractivity contribution in [2.24, 2.45) is 0 Å². The van der Waals surface area contributed by atoms with Crippen molar-refractivity contribution in [3.8, 4) is 5.75 Å². The molecule has 0 aromatic heterocycles. The Hall–Kier alpha value is -1.14. The average Bonchev–Trinajstić information content (AvgIpc) is 2.47. The molecule has 0 radical (unpaired) electrons. The molecule has 5 nitrogen and oxygen atoms in total. The van der Waals surface area contributed by atoms with Gasteiger partial charge in [-0.25, -0.2) is 0 Å². The third-order valence-electron chi connectivity index (χ3n) is 4.23. The molecule has 1 aliphatic rings. The van der Waals surface area contributed by atoms with Crippen LogP contribution in [0, 0.1) is 13.8 Å². The number of hydrogen-bond donors (Lipinski definition) is 2. The Morgan fingerprint density at radius 3 is 2.43 bits per heavy atom. The van der Waals surface area contributed by atoms with Crippen LogP contribution >= 0.6 is 0 Å². The van der Waals surface area contributed by atoms with E-state index in [0.717, 1.165) is 49.7 Å². The molecule has 1 aromatic rings. The highest BCUT2D eigenvalue weighted by Crippen LogP contribution is 2.24. The maximum absolute atomic E-state index is 10.6. The molecular formula is C18H30N2O3. The summed E-state index contributed by atoms with van der Waals surface area (Å²) in [4.78, 5) is 2.26. The minimum atomic E-state index is -0.742. The normalized spacial score (nSPS) is 18.7. The number of methoxy groups -OCH3 is 1. The second kappa shape index (κ2) is 8.11. The number of nitrogens with one attached hydrogen (secondary N) is 1. The van der Waals surface area contributed by atoms with Crippen LogP contribution < -0.4 is 10.1 Å². The number of benzene rings is 1. The fourth-order valence-electron chi connectivity index (χ4n) is 3.24. The van der Waals surface area contributed by atoms with Crippen molar-refractivity contribution in [2.75, 3.05) is 46.5 Å². The fraction of sp³-hybridized carbons (Fsp3) is 0.667. The van der Waals surface area contributed by atoms with Gasteiger partial charge in [-0.05, 0) is 37.5 Å². The third kappa shape index (κ3) is 5.46. The zero-order chi connectivity index (χ0) is 16.9. The van der Waals surface area contributed by atoms with Gasteiger partial charge in [0.15, 0.2) is 0 Å². The van der Waals surface area contributed by atoms with Crippen molar-refractivity contribution < 1.29 is 14.6 Å². The first-order valence-electron chi connectivity index (χ1n) is 8.28. The molecule has 0 aliphatic carbocycles. The zero-order valence-electron chi connectivity index (χ0n) is 14.8. The maximum atomic E-state index is 10.6. The van der Waals surface area contributed by atoms with E-state index in [9.17, 15) is 5.11 Å². The van der Waals surface area contributed by atoms with E-state index in [1.54, 1.807) is 7.11 Å². The standard InChI is InChI=1S/C18H30N2O3/c1-14-9-16(10-15(2)17(14)22-4)11-19-12-18(3,21)13-20-5-7-23-8-6-20/h9-10,19,21H,5-8,11-13H2,1-4H3. The average molecular weight is 322 g/mol. The molecule has 5 heteroatoms. The summed E-state index contributed by atoms with van der Waals surface area (Å²) in [7, 11) is 1.70. The first-order chi connectivity index (χ1) is 10.9. The molecule has 1 heterocycles. The Bertz CT molecular complexity index is 488. The summed E-state index contributed by atoms with van der Waals surface area (Å²) in [5.41, 5.74) is 2.75. The van der Waals surface area contributed by atoms with Crippen LogP contribution in [-0.2, 0) is 11.3 Å². The number of rotatable bonds is 7. The molecule has 0 spiro atoms. The Labute approximate surface area is 139 Å². The molecule has 1 saturated heterocycles. The molecule has 1 fully saturated rings. The van der Waals surface area contributed by atoms with Gasteiger partial charge in [0, 0.05) is 32.7 Å². The van der Waals surface area contributed by atoms with E-state index in [1.807, 2.05) is 6.92 Å². The van der Waals surface area contributed by atoms with E-state index in [1.165, 1.54) is 5.56 Å². The lowest BCUT2D eigenvalue weighted by Crippen LogP contribution is -2.50. The van der Waals surface area contributed by atoms with Crippen molar-refractivity contribution in [3.05, 3.63) is 28.8 Å². The first-order valence-corrected chi connectivity index (χ1v) is 8.28. The lowest BCUT2D eigenvalue weighted by atomic mass is 10.0. The van der Waals surface area contributed by atoms with E-state index in [0.29, 0.717) is 13.1 Å². The Morgan fingerprint density at radius 2 is 1.87 bits per heavy atom. The van der Waals surface area contributed by atoms with Gasteiger partial charge in [0.05, 0.1) is 25.9 Å². The van der Waals surface area contributed by atoms with Gasteiger partial charge in [-0.2, -0.15) is 0 Å². The predicted molar refractivity (Wildman–Crippen MR) is 92.1 cm³/mol. The van der Waals surface area contributed by atoms with E-state index in [2.05, 4.69) is 36.2 Å². The Morgan fingerprint density at radius 1 is 1.26 bits per heavy atom. The largest absolute Gasteiger partial charge is 0.496 e. The molecule has 0 amide bonds. The van der Waals surface area contributed by atoms with E-state index in [-0.39, 0.29) is 0 Å². The molecular weight excluding hydrogens is 292 g/mol. The Kier molecular flexibility index (Phi) is 6.41. The predicted octanol–water partition coefficient (Wildman–Crippen LogP) is 1.48. The van der Waals surface area contributed by atoms with Crippen LogP contribution in [0.15, 0.2) is 12.1 Å². The molecule has 130 valence electrons. The number of ether oxygens (including phenoxy) is 2. The van der Waals surface area contributed by atoms with Gasteiger partial charge in [0.25, 0.3) is 0 Å². The minimum absolute atomic E-state index is 0.564. The van der Waals surface area contributed by atoms with E-state index in [4.69, 9.17) is 9.47 Å². The maximum Gasteiger partial charge on any atom is 0.124 e. The molecule has 1 aliphatic heterocycles. The summed E-state index contributed by atoms with van der Waals surface area (Å²) >= 11 is 0. The van der Waals surface area contributed by atoms with E-state index >= 15 is 0 Å². The van der Waals surface area contributed by atoms with Crippen LogP contribution in [0.1, 0.15) is 23.6 Å². The molecule has 1 aromatic carbocycles. The van der Waals surface area contributed by atoms with Crippen molar-refractivity contribution in [1.82, 2.24) is 10.2 Å². The third-order valence-corrected chi connectivity index (χ3v) is 4.23. The van der Waals surface area contributed by atoms with Crippen LogP contribution in [-0.4, -0.2) is 62.1 Å². The molecule has 2 N–H and O–H groups in total. The highest BCUT2D eigenvalue weighted by molar-refractivity contribution is 5.43. The van der Waals surface area contributed by atoms with Crippen LogP contribution in [0.5, 0.6) is 5.75 Å². The van der Waals surface area contributed by atoms with Gasteiger partial charge in [-0.15, -0.1) is 0 Å². The highest BCUT2D eigenvalue weighted by Gasteiger charge is 2.24. The molecule has 2 rings (SSSR count). The van der Waals surface area contributed by atoms with Crippen LogP contribution in [0.25, 0.3) is 0 Å². The number of nitrogens with zero attached hydrogens (tertiary/aromatic N) is 1. The van der Waals surface area contributed by atoms with Crippen LogP contribution in [0.2, 0.25) is 0 Å². The number of hydrogen-bond acceptors (Lipinski definition) is 5. The lowest BCUT2D eigenvalue weighted by molar-refractivity contribution is -0.0219. The molecule has 0 saturated carbocycles. The van der Waals surface area contributed by atoms with Crippen molar-refractivity contribution in [3.63, 3.8) is 0 Å². The number of β-amino-alcohol motifs (C(OH)–C–C–N with tert-alkyl or cyclic N) is 1. The number of morpholine rings is 1. The Balaban J connectivity index is 1.83. The topological polar surface area (TPSA) is 54.0 Å². The second-order valence-electron chi connectivity index (χ2n) is 6.75. The molecule has 1 unspecified atom stereocenters. The zero-order valence-corrected chi connectivity index (χ0v) is 14.8. The van der Waals surface area contributed by atoms with Gasteiger partial charge in [0.1, 0.15) is 5.75 Å². The van der Waals surface area contributed by atoms with Gasteiger partial charge in [0.2, 0.25) is 0 Å². The quantitative estimate of drug-likeness (QED) is 0.796. The summed E-state index contributed by atoms with van der Waals surface area (Å²) in [6.45, 7) is 11.3. The summed E-state index contributed by atoms with van der Waals surface area (Å²) in [5, 5.41) is 13.9. The van der Waals surface area contributed by atoms with Crippen LogP contribution in [0.4, 0.5) is 0 Å². The van der Waals surface area contributed by atoms with E-state index < -0.39 is 5.60 Å². The molecule has 23 heavy (non-hydrogen) atoms. The SMILES string of the molecule is COc1c(C)cc(CNCC(C)(O)CN2CCOCC2)cc1C.